The number of hydroxylamine groups is 2. The SMILES string of the molecule is C=C1/C(=C\C=C2/CCC[C@]3(C)C(CC4CC(C)(C=O)ON4Cc4ccccc4)CC[C@@H]23)C[C@@H](O)C[C@@H]1O. The first-order valence-electron chi connectivity index (χ1n) is 14.1. The van der Waals surface area contributed by atoms with Crippen LogP contribution in [-0.2, 0) is 16.2 Å². The standard InChI is InChI=1S/C32H43NO4/c1-22-25(16-28(35)18-30(22)36)12-11-24-10-7-15-32(3)26(13-14-29(24)32)17-27-19-31(2,21-34)37-33(27)20-23-8-5-4-6-9-23/h4-6,8-9,11-12,21,26-30,35-36H,1,7,10,13-20H2,2-3H3/b24-11+,25-12-/t26?,27?,28-,29+,30+,31?,32-/m1/s1. The first-order chi connectivity index (χ1) is 17.7. The highest BCUT2D eigenvalue weighted by atomic mass is 16.7. The molecule has 0 bridgehead atoms. The Morgan fingerprint density at radius 2 is 1.95 bits per heavy atom. The molecule has 1 saturated heterocycles. The zero-order chi connectivity index (χ0) is 26.2. The predicted octanol–water partition coefficient (Wildman–Crippen LogP) is 5.68. The second-order valence-electron chi connectivity index (χ2n) is 12.4. The number of carbonyl (C=O) groups is 1. The van der Waals surface area contributed by atoms with E-state index in [2.05, 4.69) is 55.0 Å². The van der Waals surface area contributed by atoms with Crippen LogP contribution < -0.4 is 0 Å². The highest BCUT2D eigenvalue weighted by Crippen LogP contribution is 2.59. The minimum atomic E-state index is -0.750. The molecular weight excluding hydrogens is 462 g/mol. The maximum absolute atomic E-state index is 11.9. The number of benzene rings is 1. The second kappa shape index (κ2) is 10.6. The molecule has 0 amide bonds. The maximum atomic E-state index is 11.9. The van der Waals surface area contributed by atoms with Gasteiger partial charge < -0.3 is 15.0 Å². The number of carbonyl (C=O) groups excluding carboxylic acids is 1. The van der Waals surface area contributed by atoms with Gasteiger partial charge in [-0.05, 0) is 85.8 Å². The molecule has 5 nitrogen and oxygen atoms in total. The Bertz CT molecular complexity index is 1060. The van der Waals surface area contributed by atoms with Crippen LogP contribution >= 0.6 is 0 Å². The van der Waals surface area contributed by atoms with Crippen molar-refractivity contribution in [1.82, 2.24) is 5.06 Å². The summed E-state index contributed by atoms with van der Waals surface area (Å²) in [5.41, 5.74) is 3.93. The van der Waals surface area contributed by atoms with Gasteiger partial charge in [0, 0.05) is 25.4 Å². The highest BCUT2D eigenvalue weighted by Gasteiger charge is 2.52. The molecule has 200 valence electrons. The minimum Gasteiger partial charge on any atom is -0.393 e. The molecule has 37 heavy (non-hydrogen) atoms. The van der Waals surface area contributed by atoms with Crippen molar-refractivity contribution in [2.75, 3.05) is 0 Å². The topological polar surface area (TPSA) is 70.0 Å². The lowest BCUT2D eigenvalue weighted by atomic mass is 9.62. The quantitative estimate of drug-likeness (QED) is 0.487. The van der Waals surface area contributed by atoms with E-state index in [9.17, 15) is 15.0 Å². The lowest BCUT2D eigenvalue weighted by Gasteiger charge is -2.43. The number of nitrogens with zero attached hydrogens (tertiary/aromatic N) is 1. The summed E-state index contributed by atoms with van der Waals surface area (Å²) in [5.74, 6) is 1.14. The maximum Gasteiger partial charge on any atom is 0.153 e. The van der Waals surface area contributed by atoms with Crippen molar-refractivity contribution in [1.29, 1.82) is 0 Å². The number of rotatable bonds is 6. The smallest absolute Gasteiger partial charge is 0.153 e. The zero-order valence-corrected chi connectivity index (χ0v) is 22.4. The molecule has 0 spiro atoms. The van der Waals surface area contributed by atoms with E-state index >= 15 is 0 Å². The van der Waals surface area contributed by atoms with Gasteiger partial charge in [-0.25, -0.2) is 0 Å². The van der Waals surface area contributed by atoms with Gasteiger partial charge in [-0.1, -0.05) is 61.6 Å². The Morgan fingerprint density at radius 3 is 2.70 bits per heavy atom. The lowest BCUT2D eigenvalue weighted by molar-refractivity contribution is -0.201. The Morgan fingerprint density at radius 1 is 1.16 bits per heavy atom. The monoisotopic (exact) mass is 505 g/mol. The molecule has 7 atom stereocenters. The second-order valence-corrected chi connectivity index (χ2v) is 12.4. The van der Waals surface area contributed by atoms with Gasteiger partial charge in [-0.3, -0.25) is 4.84 Å². The molecule has 1 aromatic carbocycles. The van der Waals surface area contributed by atoms with Crippen LogP contribution in [0.2, 0.25) is 0 Å². The molecule has 3 aliphatic carbocycles. The van der Waals surface area contributed by atoms with Gasteiger partial charge in [-0.2, -0.15) is 5.06 Å². The third kappa shape index (κ3) is 5.42. The molecule has 3 unspecified atom stereocenters. The number of aliphatic hydroxyl groups is 2. The van der Waals surface area contributed by atoms with Crippen LogP contribution in [-0.4, -0.2) is 45.4 Å². The van der Waals surface area contributed by atoms with Crippen LogP contribution in [0.15, 0.2) is 65.8 Å². The largest absolute Gasteiger partial charge is 0.393 e. The molecule has 2 N–H and O–H groups in total. The fraction of sp³-hybridized carbons (Fsp3) is 0.594. The third-order valence-corrected chi connectivity index (χ3v) is 9.79. The third-order valence-electron chi connectivity index (χ3n) is 9.79. The Labute approximate surface area is 221 Å². The normalized spacial score (nSPS) is 40.9. The molecule has 0 aromatic heterocycles. The molecule has 5 rings (SSSR count). The first-order valence-corrected chi connectivity index (χ1v) is 14.1. The van der Waals surface area contributed by atoms with E-state index in [1.54, 1.807) is 0 Å². The fourth-order valence-corrected chi connectivity index (χ4v) is 7.67. The van der Waals surface area contributed by atoms with Gasteiger partial charge >= 0.3 is 0 Å². The molecule has 4 aliphatic rings. The van der Waals surface area contributed by atoms with E-state index in [1.165, 1.54) is 36.8 Å². The van der Waals surface area contributed by atoms with Gasteiger partial charge in [0.1, 0.15) is 5.60 Å². The van der Waals surface area contributed by atoms with Gasteiger partial charge in [0.2, 0.25) is 0 Å². The molecule has 1 aliphatic heterocycles. The Hall–Kier alpha value is -2.05. The van der Waals surface area contributed by atoms with Crippen LogP contribution in [0.4, 0.5) is 0 Å². The molecule has 3 saturated carbocycles. The van der Waals surface area contributed by atoms with E-state index < -0.39 is 17.8 Å². The van der Waals surface area contributed by atoms with Crippen molar-refractivity contribution >= 4 is 6.29 Å². The summed E-state index contributed by atoms with van der Waals surface area (Å²) in [6.45, 7) is 9.18. The number of allylic oxidation sites excluding steroid dienone is 3. The highest BCUT2D eigenvalue weighted by molar-refractivity contribution is 5.62. The lowest BCUT2D eigenvalue weighted by Crippen LogP contribution is -2.37. The molecule has 5 heteroatoms. The Balaban J connectivity index is 1.32. The van der Waals surface area contributed by atoms with Crippen LogP contribution in [0.5, 0.6) is 0 Å². The van der Waals surface area contributed by atoms with Gasteiger partial charge in [0.25, 0.3) is 0 Å². The molecular formula is C32H43NO4. The van der Waals surface area contributed by atoms with E-state index in [0.29, 0.717) is 31.2 Å². The summed E-state index contributed by atoms with van der Waals surface area (Å²) >= 11 is 0. The predicted molar refractivity (Wildman–Crippen MR) is 145 cm³/mol. The number of fused-ring (bicyclic) bond motifs is 1. The summed E-state index contributed by atoms with van der Waals surface area (Å²) < 4.78 is 0. The van der Waals surface area contributed by atoms with Gasteiger partial charge in [0.05, 0.1) is 12.2 Å². The summed E-state index contributed by atoms with van der Waals surface area (Å²) in [5, 5.41) is 22.4. The van der Waals surface area contributed by atoms with Crippen molar-refractivity contribution in [3.63, 3.8) is 0 Å². The van der Waals surface area contributed by atoms with E-state index in [0.717, 1.165) is 36.7 Å². The van der Waals surface area contributed by atoms with Crippen molar-refractivity contribution in [2.45, 2.75) is 102 Å². The average molecular weight is 506 g/mol. The number of aliphatic hydroxyl groups excluding tert-OH is 2. The van der Waals surface area contributed by atoms with Gasteiger partial charge in [-0.15, -0.1) is 0 Å². The summed E-state index contributed by atoms with van der Waals surface area (Å²) in [6.07, 6.45) is 12.9. The van der Waals surface area contributed by atoms with E-state index in [-0.39, 0.29) is 11.5 Å². The van der Waals surface area contributed by atoms with Crippen LogP contribution in [0.3, 0.4) is 0 Å². The fourth-order valence-electron chi connectivity index (χ4n) is 7.67. The van der Waals surface area contributed by atoms with E-state index in [1.807, 2.05) is 13.0 Å². The summed E-state index contributed by atoms with van der Waals surface area (Å²) in [6, 6.07) is 10.6. The number of hydrogen-bond donors (Lipinski definition) is 2. The van der Waals surface area contributed by atoms with Crippen molar-refractivity contribution in [3.8, 4) is 0 Å². The Kier molecular flexibility index (Phi) is 7.61. The van der Waals surface area contributed by atoms with Gasteiger partial charge in [0.15, 0.2) is 6.29 Å². The molecule has 1 heterocycles. The van der Waals surface area contributed by atoms with Crippen LogP contribution in [0.25, 0.3) is 0 Å². The molecule has 1 aromatic rings. The summed E-state index contributed by atoms with van der Waals surface area (Å²) in [4.78, 5) is 18.2. The average Bonchev–Trinajstić information content (AvgIpc) is 3.38. The number of hydrogen-bond acceptors (Lipinski definition) is 5. The van der Waals surface area contributed by atoms with Crippen LogP contribution in [0, 0.1) is 17.3 Å². The van der Waals surface area contributed by atoms with Crippen LogP contribution in [0.1, 0.15) is 77.2 Å². The minimum absolute atomic E-state index is 0.223. The molecule has 4 fully saturated rings. The van der Waals surface area contributed by atoms with Crippen molar-refractivity contribution in [3.05, 3.63) is 71.3 Å². The van der Waals surface area contributed by atoms with Crippen molar-refractivity contribution in [2.24, 2.45) is 17.3 Å². The van der Waals surface area contributed by atoms with E-state index in [4.69, 9.17) is 4.84 Å². The van der Waals surface area contributed by atoms with Crippen molar-refractivity contribution < 1.29 is 19.8 Å². The summed E-state index contributed by atoms with van der Waals surface area (Å²) in [7, 11) is 0. The zero-order valence-electron chi connectivity index (χ0n) is 22.4. The molecule has 0 radical (unpaired) electrons. The first kappa shape index (κ1) is 26.6. The number of aldehydes is 1.